The van der Waals surface area contributed by atoms with E-state index >= 15 is 0 Å². The first-order valence-electron chi connectivity index (χ1n) is 4.77. The molecule has 1 N–H and O–H groups in total. The number of nitrogens with zero attached hydrogens (tertiary/aromatic N) is 3. The molecule has 0 bridgehead atoms. The maximum absolute atomic E-state index is 10.0. The number of aryl methyl sites for hydroxylation is 2. The average Bonchev–Trinajstić information content (AvgIpc) is 2.63. The molecule has 0 radical (unpaired) electrons. The lowest BCUT2D eigenvalue weighted by molar-refractivity contribution is 0.201. The lowest BCUT2D eigenvalue weighted by Gasteiger charge is -2.10. The molecule has 2 heterocycles. The van der Waals surface area contributed by atoms with Gasteiger partial charge in [0.1, 0.15) is 5.82 Å². The zero-order valence-corrected chi connectivity index (χ0v) is 8.75. The number of aliphatic hydroxyl groups excluding tert-OH is 1. The molecule has 2 aromatic heterocycles. The van der Waals surface area contributed by atoms with Crippen LogP contribution in [0.1, 0.15) is 23.3 Å². The van der Waals surface area contributed by atoms with Crippen LogP contribution in [-0.2, 0) is 7.05 Å². The molecule has 2 aromatic rings. The van der Waals surface area contributed by atoms with Crippen molar-refractivity contribution in [3.05, 3.63) is 47.8 Å². The lowest BCUT2D eigenvalue weighted by atomic mass is 10.2. The van der Waals surface area contributed by atoms with E-state index in [1.165, 1.54) is 0 Å². The molecule has 0 saturated heterocycles. The second kappa shape index (κ2) is 3.82. The monoisotopic (exact) mass is 203 g/mol. The quantitative estimate of drug-likeness (QED) is 0.798. The molecule has 1 atom stereocenters. The van der Waals surface area contributed by atoms with Crippen LogP contribution in [0.3, 0.4) is 0 Å². The van der Waals surface area contributed by atoms with Crippen molar-refractivity contribution >= 4 is 0 Å². The molecule has 0 spiro atoms. The van der Waals surface area contributed by atoms with Crippen molar-refractivity contribution in [3.8, 4) is 0 Å². The Morgan fingerprint density at radius 3 is 2.80 bits per heavy atom. The van der Waals surface area contributed by atoms with Gasteiger partial charge < -0.3 is 9.67 Å². The van der Waals surface area contributed by atoms with Crippen molar-refractivity contribution in [2.45, 2.75) is 13.0 Å². The summed E-state index contributed by atoms with van der Waals surface area (Å²) in [5.74, 6) is 0.605. The summed E-state index contributed by atoms with van der Waals surface area (Å²) >= 11 is 0. The van der Waals surface area contributed by atoms with Crippen molar-refractivity contribution < 1.29 is 5.11 Å². The van der Waals surface area contributed by atoms with Crippen LogP contribution in [0.5, 0.6) is 0 Å². The lowest BCUT2D eigenvalue weighted by Crippen LogP contribution is -2.08. The molecule has 0 aliphatic carbocycles. The average molecular weight is 203 g/mol. The van der Waals surface area contributed by atoms with E-state index < -0.39 is 6.10 Å². The van der Waals surface area contributed by atoms with Crippen molar-refractivity contribution in [2.75, 3.05) is 0 Å². The molecule has 78 valence electrons. The predicted octanol–water partition coefficient (Wildman–Crippen LogP) is 1.21. The van der Waals surface area contributed by atoms with Crippen molar-refractivity contribution in [1.29, 1.82) is 0 Å². The first-order valence-corrected chi connectivity index (χ1v) is 4.77. The fraction of sp³-hybridized carbons (Fsp3) is 0.273. The molecule has 0 aliphatic rings. The van der Waals surface area contributed by atoms with Crippen LogP contribution < -0.4 is 0 Å². The van der Waals surface area contributed by atoms with Gasteiger partial charge in [0.15, 0.2) is 6.10 Å². The highest BCUT2D eigenvalue weighted by Crippen LogP contribution is 2.17. The molecule has 4 heteroatoms. The van der Waals surface area contributed by atoms with E-state index in [0.29, 0.717) is 11.5 Å². The Labute approximate surface area is 88.2 Å². The number of imidazole rings is 1. The third-order valence-corrected chi connectivity index (χ3v) is 2.29. The van der Waals surface area contributed by atoms with Crippen molar-refractivity contribution in [1.82, 2.24) is 14.5 Å². The molecular formula is C11H13N3O. The van der Waals surface area contributed by atoms with Crippen LogP contribution >= 0.6 is 0 Å². The number of aliphatic hydroxyl groups is 1. The maximum atomic E-state index is 10.0. The minimum atomic E-state index is -0.759. The van der Waals surface area contributed by atoms with E-state index in [1.807, 2.05) is 26.1 Å². The number of aromatic nitrogens is 3. The molecular weight excluding hydrogens is 190 g/mol. The van der Waals surface area contributed by atoms with Gasteiger partial charge in [-0.25, -0.2) is 4.98 Å². The van der Waals surface area contributed by atoms with Gasteiger partial charge in [0, 0.05) is 25.1 Å². The Morgan fingerprint density at radius 2 is 2.20 bits per heavy atom. The summed E-state index contributed by atoms with van der Waals surface area (Å²) in [6.45, 7) is 1.90. The first-order chi connectivity index (χ1) is 7.18. The summed E-state index contributed by atoms with van der Waals surface area (Å²) in [7, 11) is 1.85. The van der Waals surface area contributed by atoms with Crippen LogP contribution in [0.4, 0.5) is 0 Å². The zero-order valence-electron chi connectivity index (χ0n) is 8.75. The number of rotatable bonds is 2. The molecule has 0 aliphatic heterocycles. The highest BCUT2D eigenvalue weighted by Gasteiger charge is 2.15. The summed E-state index contributed by atoms with van der Waals surface area (Å²) in [5, 5.41) is 10.0. The predicted molar refractivity (Wildman–Crippen MR) is 56.2 cm³/mol. The van der Waals surface area contributed by atoms with Crippen LogP contribution in [0.25, 0.3) is 0 Å². The van der Waals surface area contributed by atoms with E-state index in [1.54, 1.807) is 23.0 Å². The van der Waals surface area contributed by atoms with Crippen LogP contribution in [-0.4, -0.2) is 19.6 Å². The number of hydrogen-bond acceptors (Lipinski definition) is 3. The minimum absolute atomic E-state index is 0.605. The smallest absolute Gasteiger partial charge is 0.153 e. The fourth-order valence-electron chi connectivity index (χ4n) is 1.49. The van der Waals surface area contributed by atoms with Gasteiger partial charge in [0.25, 0.3) is 0 Å². The third kappa shape index (κ3) is 1.89. The topological polar surface area (TPSA) is 50.9 Å². The van der Waals surface area contributed by atoms with Gasteiger partial charge in [-0.2, -0.15) is 0 Å². The zero-order chi connectivity index (χ0) is 10.8. The van der Waals surface area contributed by atoms with Gasteiger partial charge in [0.2, 0.25) is 0 Å². The van der Waals surface area contributed by atoms with E-state index in [-0.39, 0.29) is 0 Å². The van der Waals surface area contributed by atoms with E-state index in [4.69, 9.17) is 0 Å². The summed E-state index contributed by atoms with van der Waals surface area (Å²) < 4.78 is 1.79. The minimum Gasteiger partial charge on any atom is -0.379 e. The molecule has 2 rings (SSSR count). The molecule has 4 nitrogen and oxygen atoms in total. The van der Waals surface area contributed by atoms with Crippen LogP contribution in [0.15, 0.2) is 30.6 Å². The fourth-order valence-corrected chi connectivity index (χ4v) is 1.49. The van der Waals surface area contributed by atoms with Gasteiger partial charge >= 0.3 is 0 Å². The molecule has 1 unspecified atom stereocenters. The molecule has 0 amide bonds. The Balaban J connectivity index is 2.36. The normalized spacial score (nSPS) is 12.7. The van der Waals surface area contributed by atoms with Crippen molar-refractivity contribution in [2.24, 2.45) is 7.05 Å². The molecule has 0 saturated carbocycles. The summed E-state index contributed by atoms with van der Waals surface area (Å²) in [6.07, 6.45) is 2.70. The second-order valence-electron chi connectivity index (χ2n) is 3.50. The van der Waals surface area contributed by atoms with E-state index in [2.05, 4.69) is 9.97 Å². The Morgan fingerprint density at radius 1 is 1.40 bits per heavy atom. The van der Waals surface area contributed by atoms with Gasteiger partial charge in [-0.05, 0) is 19.1 Å². The van der Waals surface area contributed by atoms with Gasteiger partial charge in [-0.1, -0.05) is 6.07 Å². The number of hydrogen-bond donors (Lipinski definition) is 1. The molecule has 0 fully saturated rings. The molecule has 0 aromatic carbocycles. The van der Waals surface area contributed by atoms with E-state index in [0.717, 1.165) is 5.69 Å². The Bertz CT molecular complexity index is 464. The highest BCUT2D eigenvalue weighted by molar-refractivity contribution is 5.17. The standard InChI is InChI=1S/C11H13N3O/c1-8-4-3-5-9(13-8)10(15)11-12-6-7-14(11)2/h3-7,10,15H,1-2H3. The maximum Gasteiger partial charge on any atom is 0.153 e. The summed E-state index contributed by atoms with van der Waals surface area (Å²) in [4.78, 5) is 8.36. The Kier molecular flexibility index (Phi) is 2.51. The highest BCUT2D eigenvalue weighted by atomic mass is 16.3. The van der Waals surface area contributed by atoms with E-state index in [9.17, 15) is 5.11 Å². The second-order valence-corrected chi connectivity index (χ2v) is 3.50. The first kappa shape index (κ1) is 9.86. The largest absolute Gasteiger partial charge is 0.379 e. The summed E-state index contributed by atoms with van der Waals surface area (Å²) in [5.41, 5.74) is 1.52. The Hall–Kier alpha value is -1.68. The molecule has 15 heavy (non-hydrogen) atoms. The van der Waals surface area contributed by atoms with Crippen LogP contribution in [0.2, 0.25) is 0 Å². The SMILES string of the molecule is Cc1cccc(C(O)c2nccn2C)n1. The van der Waals surface area contributed by atoms with Crippen LogP contribution in [0, 0.1) is 6.92 Å². The van der Waals surface area contributed by atoms with Crippen molar-refractivity contribution in [3.63, 3.8) is 0 Å². The third-order valence-electron chi connectivity index (χ3n) is 2.29. The van der Waals surface area contributed by atoms with Gasteiger partial charge in [-0.15, -0.1) is 0 Å². The van der Waals surface area contributed by atoms with Gasteiger partial charge in [-0.3, -0.25) is 4.98 Å². The summed E-state index contributed by atoms with van der Waals surface area (Å²) in [6, 6.07) is 5.57. The van der Waals surface area contributed by atoms with Gasteiger partial charge in [0.05, 0.1) is 5.69 Å². The number of pyridine rings is 1.